The van der Waals surface area contributed by atoms with E-state index in [0.29, 0.717) is 36.2 Å². The van der Waals surface area contributed by atoms with Crippen molar-refractivity contribution in [1.29, 1.82) is 0 Å². The molecule has 2 aromatic carbocycles. The molecule has 0 aliphatic carbocycles. The van der Waals surface area contributed by atoms with Crippen LogP contribution < -0.4 is 19.7 Å². The Labute approximate surface area is 190 Å². The number of nitrogens with zero attached hydrogens (tertiary/aromatic N) is 1. The molecule has 2 heterocycles. The quantitative estimate of drug-likeness (QED) is 0.426. The predicted octanol–water partition coefficient (Wildman–Crippen LogP) is 4.41. The number of benzene rings is 2. The number of carbonyl (C=O) groups is 3. The lowest BCUT2D eigenvalue weighted by molar-refractivity contribution is -0.122. The van der Waals surface area contributed by atoms with Crippen LogP contribution in [0.15, 0.2) is 70.7 Å². The third kappa shape index (κ3) is 4.50. The molecular weight excluding hydrogens is 424 g/mol. The van der Waals surface area contributed by atoms with E-state index in [1.165, 1.54) is 12.1 Å². The summed E-state index contributed by atoms with van der Waals surface area (Å²) in [5.41, 5.74) is 0.786. The summed E-state index contributed by atoms with van der Waals surface area (Å²) >= 11 is 0. The van der Waals surface area contributed by atoms with E-state index >= 15 is 0 Å². The maximum Gasteiger partial charge on any atom is 0.336 e. The van der Waals surface area contributed by atoms with Crippen LogP contribution in [0.1, 0.15) is 19.6 Å². The number of barbiturate groups is 1. The summed E-state index contributed by atoms with van der Waals surface area (Å²) in [4.78, 5) is 39.3. The Bertz CT molecular complexity index is 1230. The van der Waals surface area contributed by atoms with E-state index in [4.69, 9.17) is 13.9 Å². The molecule has 0 atom stereocenters. The van der Waals surface area contributed by atoms with Crippen molar-refractivity contribution < 1.29 is 28.3 Å². The topological polar surface area (TPSA) is 98.1 Å². The van der Waals surface area contributed by atoms with Gasteiger partial charge in [-0.1, -0.05) is 30.3 Å². The van der Waals surface area contributed by atoms with E-state index < -0.39 is 17.8 Å². The van der Waals surface area contributed by atoms with Crippen LogP contribution in [0.25, 0.3) is 17.4 Å². The molecule has 0 bridgehead atoms. The molecule has 1 saturated heterocycles. The number of carbonyl (C=O) groups excluding carboxylic acids is 3. The standard InChI is InChI=1S/C25H22N2O6/c1-3-31-17-10-13-22(32-4-2)20(15-17)27-24(29)19(23(28)26-25(27)30)14-18-11-12-21(33-18)16-8-6-5-7-9-16/h5-15H,3-4H2,1-2H3,(H,26,28,30)/b19-14+. The van der Waals surface area contributed by atoms with Gasteiger partial charge in [-0.2, -0.15) is 0 Å². The fraction of sp³-hybridized carbons (Fsp3) is 0.160. The fourth-order valence-electron chi connectivity index (χ4n) is 3.41. The zero-order chi connectivity index (χ0) is 23.4. The highest BCUT2D eigenvalue weighted by atomic mass is 16.5. The summed E-state index contributed by atoms with van der Waals surface area (Å²) in [6.45, 7) is 4.33. The zero-order valence-electron chi connectivity index (χ0n) is 18.2. The third-order valence-electron chi connectivity index (χ3n) is 4.86. The Kier molecular flexibility index (Phi) is 6.26. The van der Waals surface area contributed by atoms with Crippen LogP contribution in [0.3, 0.4) is 0 Å². The van der Waals surface area contributed by atoms with Crippen molar-refractivity contribution in [2.75, 3.05) is 18.1 Å². The summed E-state index contributed by atoms with van der Waals surface area (Å²) in [5.74, 6) is 0.0470. The summed E-state index contributed by atoms with van der Waals surface area (Å²) < 4.78 is 16.9. The van der Waals surface area contributed by atoms with E-state index in [1.54, 1.807) is 31.2 Å². The monoisotopic (exact) mass is 446 g/mol. The molecule has 0 unspecified atom stereocenters. The molecule has 168 valence electrons. The molecule has 0 saturated carbocycles. The minimum Gasteiger partial charge on any atom is -0.494 e. The van der Waals surface area contributed by atoms with Crippen molar-refractivity contribution in [3.63, 3.8) is 0 Å². The van der Waals surface area contributed by atoms with Gasteiger partial charge in [-0.05, 0) is 44.2 Å². The Hall–Kier alpha value is -4.33. The van der Waals surface area contributed by atoms with Crippen molar-refractivity contribution in [3.05, 3.63) is 72.0 Å². The van der Waals surface area contributed by atoms with Crippen LogP contribution >= 0.6 is 0 Å². The number of anilines is 1. The highest BCUT2D eigenvalue weighted by Crippen LogP contribution is 2.35. The van der Waals surface area contributed by atoms with E-state index in [2.05, 4.69) is 5.32 Å². The minimum absolute atomic E-state index is 0.174. The van der Waals surface area contributed by atoms with Gasteiger partial charge < -0.3 is 13.9 Å². The number of imide groups is 2. The molecule has 1 aliphatic heterocycles. The molecule has 1 aliphatic rings. The second kappa shape index (κ2) is 9.44. The Morgan fingerprint density at radius 1 is 0.939 bits per heavy atom. The molecule has 1 fully saturated rings. The Balaban J connectivity index is 1.71. The van der Waals surface area contributed by atoms with Gasteiger partial charge in [-0.3, -0.25) is 14.9 Å². The highest BCUT2D eigenvalue weighted by Gasteiger charge is 2.38. The molecule has 8 nitrogen and oxygen atoms in total. The van der Waals surface area contributed by atoms with Crippen LogP contribution in [-0.2, 0) is 9.59 Å². The first kappa shape index (κ1) is 21.9. The summed E-state index contributed by atoms with van der Waals surface area (Å²) in [5, 5.41) is 2.21. The zero-order valence-corrected chi connectivity index (χ0v) is 18.2. The van der Waals surface area contributed by atoms with Crippen LogP contribution in [-0.4, -0.2) is 31.1 Å². The van der Waals surface area contributed by atoms with Gasteiger partial charge in [-0.15, -0.1) is 0 Å². The number of nitrogens with one attached hydrogen (secondary N) is 1. The van der Waals surface area contributed by atoms with Crippen LogP contribution in [0.4, 0.5) is 10.5 Å². The van der Waals surface area contributed by atoms with Gasteiger partial charge in [0.25, 0.3) is 11.8 Å². The van der Waals surface area contributed by atoms with Gasteiger partial charge in [0.2, 0.25) is 0 Å². The van der Waals surface area contributed by atoms with Crippen molar-refractivity contribution in [1.82, 2.24) is 5.32 Å². The SMILES string of the molecule is CCOc1ccc(OCC)c(N2C(=O)NC(=O)/C(=C\c3ccc(-c4ccccc4)o3)C2=O)c1. The molecule has 33 heavy (non-hydrogen) atoms. The maximum absolute atomic E-state index is 13.3. The van der Waals surface area contributed by atoms with Crippen molar-refractivity contribution in [2.24, 2.45) is 0 Å². The minimum atomic E-state index is -0.874. The average molecular weight is 446 g/mol. The number of rotatable bonds is 7. The molecular formula is C25H22N2O6. The first-order chi connectivity index (χ1) is 16.0. The van der Waals surface area contributed by atoms with E-state index in [0.717, 1.165) is 10.5 Å². The van der Waals surface area contributed by atoms with Gasteiger partial charge in [0.15, 0.2) is 0 Å². The smallest absolute Gasteiger partial charge is 0.336 e. The Morgan fingerprint density at radius 3 is 2.42 bits per heavy atom. The second-order valence-electron chi connectivity index (χ2n) is 7.02. The largest absolute Gasteiger partial charge is 0.494 e. The normalized spacial score (nSPS) is 15.0. The van der Waals surface area contributed by atoms with Gasteiger partial charge in [0.05, 0.1) is 18.9 Å². The van der Waals surface area contributed by atoms with Crippen LogP contribution in [0.5, 0.6) is 11.5 Å². The lowest BCUT2D eigenvalue weighted by Crippen LogP contribution is -2.54. The summed E-state index contributed by atoms with van der Waals surface area (Å²) in [7, 11) is 0. The van der Waals surface area contributed by atoms with Crippen LogP contribution in [0, 0.1) is 0 Å². The highest BCUT2D eigenvalue weighted by molar-refractivity contribution is 6.39. The van der Waals surface area contributed by atoms with Gasteiger partial charge in [-0.25, -0.2) is 9.69 Å². The number of ether oxygens (including phenoxy) is 2. The average Bonchev–Trinajstić information content (AvgIpc) is 3.28. The van der Waals surface area contributed by atoms with Gasteiger partial charge in [0, 0.05) is 11.6 Å². The van der Waals surface area contributed by atoms with Crippen molar-refractivity contribution in [2.45, 2.75) is 13.8 Å². The predicted molar refractivity (Wildman–Crippen MR) is 122 cm³/mol. The number of amides is 4. The van der Waals surface area contributed by atoms with Crippen molar-refractivity contribution >= 4 is 29.6 Å². The van der Waals surface area contributed by atoms with Crippen molar-refractivity contribution in [3.8, 4) is 22.8 Å². The maximum atomic E-state index is 13.3. The molecule has 0 spiro atoms. The summed E-state index contributed by atoms with van der Waals surface area (Å²) in [6.07, 6.45) is 1.32. The number of hydrogen-bond donors (Lipinski definition) is 1. The first-order valence-electron chi connectivity index (χ1n) is 10.5. The van der Waals surface area contributed by atoms with E-state index in [1.807, 2.05) is 37.3 Å². The number of furan rings is 1. The first-order valence-corrected chi connectivity index (χ1v) is 10.5. The second-order valence-corrected chi connectivity index (χ2v) is 7.02. The fourth-order valence-corrected chi connectivity index (χ4v) is 3.41. The van der Waals surface area contributed by atoms with Gasteiger partial charge in [0.1, 0.15) is 28.6 Å². The van der Waals surface area contributed by atoms with E-state index in [9.17, 15) is 14.4 Å². The van der Waals surface area contributed by atoms with Crippen LogP contribution in [0.2, 0.25) is 0 Å². The summed E-state index contributed by atoms with van der Waals surface area (Å²) in [6, 6.07) is 16.8. The molecule has 4 rings (SSSR count). The third-order valence-corrected chi connectivity index (χ3v) is 4.86. The lowest BCUT2D eigenvalue weighted by Gasteiger charge is -2.28. The molecule has 3 aromatic rings. The molecule has 1 aromatic heterocycles. The molecule has 0 radical (unpaired) electrons. The van der Waals surface area contributed by atoms with E-state index in [-0.39, 0.29) is 11.3 Å². The molecule has 1 N–H and O–H groups in total. The molecule has 8 heteroatoms. The lowest BCUT2D eigenvalue weighted by atomic mass is 10.1. The molecule has 4 amide bonds. The number of hydrogen-bond acceptors (Lipinski definition) is 6. The Morgan fingerprint density at radius 2 is 1.70 bits per heavy atom. The number of urea groups is 1. The van der Waals surface area contributed by atoms with Gasteiger partial charge >= 0.3 is 6.03 Å².